The second-order valence-electron chi connectivity index (χ2n) is 3.75. The number of hydrogen-bond acceptors (Lipinski definition) is 3. The maximum Gasteiger partial charge on any atom is 0.221 e. The molecule has 4 nitrogen and oxygen atoms in total. The van der Waals surface area contributed by atoms with Crippen molar-refractivity contribution in [1.82, 2.24) is 4.98 Å². The van der Waals surface area contributed by atoms with Crippen molar-refractivity contribution in [2.24, 2.45) is 0 Å². The van der Waals surface area contributed by atoms with Crippen LogP contribution >= 0.6 is 0 Å². The minimum Gasteiger partial charge on any atom is -0.370 e. The van der Waals surface area contributed by atoms with Crippen LogP contribution in [0.4, 0.5) is 11.5 Å². The zero-order valence-corrected chi connectivity index (χ0v) is 9.92. The van der Waals surface area contributed by atoms with Crippen LogP contribution in [0.2, 0.25) is 0 Å². The van der Waals surface area contributed by atoms with Crippen LogP contribution in [0.5, 0.6) is 0 Å². The van der Waals surface area contributed by atoms with E-state index in [2.05, 4.69) is 22.5 Å². The molecule has 0 aromatic carbocycles. The number of nitrogens with zero attached hydrogens (tertiary/aromatic N) is 1. The summed E-state index contributed by atoms with van der Waals surface area (Å²) in [4.78, 5) is 15.0. The van der Waals surface area contributed by atoms with Crippen LogP contribution < -0.4 is 10.6 Å². The Hall–Kier alpha value is -1.58. The van der Waals surface area contributed by atoms with Crippen molar-refractivity contribution in [2.75, 3.05) is 17.2 Å². The number of carbonyl (C=O) groups excluding carboxylic acids is 1. The molecule has 0 saturated carbocycles. The number of carbonyl (C=O) groups is 1. The summed E-state index contributed by atoms with van der Waals surface area (Å²) in [5, 5.41) is 5.92. The number of unbranched alkanes of at least 4 members (excludes halogenated alkanes) is 2. The molecule has 4 heteroatoms. The van der Waals surface area contributed by atoms with Gasteiger partial charge in [0.25, 0.3) is 0 Å². The van der Waals surface area contributed by atoms with Gasteiger partial charge in [-0.1, -0.05) is 19.8 Å². The van der Waals surface area contributed by atoms with Gasteiger partial charge in [-0.15, -0.1) is 0 Å². The van der Waals surface area contributed by atoms with E-state index in [1.165, 1.54) is 19.8 Å². The SMILES string of the molecule is CCCCCNc1ccc(NC(C)=O)cn1. The normalized spacial score (nSPS) is 9.88. The Morgan fingerprint density at radius 3 is 2.75 bits per heavy atom. The number of hydrogen-bond donors (Lipinski definition) is 2. The molecule has 2 N–H and O–H groups in total. The van der Waals surface area contributed by atoms with E-state index in [9.17, 15) is 4.79 Å². The molecule has 16 heavy (non-hydrogen) atoms. The lowest BCUT2D eigenvalue weighted by atomic mass is 10.2. The lowest BCUT2D eigenvalue weighted by molar-refractivity contribution is -0.114. The summed E-state index contributed by atoms with van der Waals surface area (Å²) in [5.74, 6) is 0.774. The van der Waals surface area contributed by atoms with Crippen molar-refractivity contribution in [2.45, 2.75) is 33.1 Å². The molecular formula is C12H19N3O. The first-order valence-corrected chi connectivity index (χ1v) is 5.70. The van der Waals surface area contributed by atoms with Crippen LogP contribution in [0.25, 0.3) is 0 Å². The predicted octanol–water partition coefficient (Wildman–Crippen LogP) is 2.64. The van der Waals surface area contributed by atoms with Crippen molar-refractivity contribution >= 4 is 17.4 Å². The highest BCUT2D eigenvalue weighted by Crippen LogP contribution is 2.09. The topological polar surface area (TPSA) is 54.0 Å². The maximum absolute atomic E-state index is 10.8. The van der Waals surface area contributed by atoms with Gasteiger partial charge in [0.2, 0.25) is 5.91 Å². The van der Waals surface area contributed by atoms with Crippen LogP contribution in [0.1, 0.15) is 33.1 Å². The van der Waals surface area contributed by atoms with E-state index in [0.717, 1.165) is 24.5 Å². The first-order chi connectivity index (χ1) is 7.72. The Kier molecular flexibility index (Phi) is 5.32. The second kappa shape index (κ2) is 6.82. The fourth-order valence-corrected chi connectivity index (χ4v) is 1.37. The molecule has 1 heterocycles. The first kappa shape index (κ1) is 12.5. The molecule has 0 bridgehead atoms. The lowest BCUT2D eigenvalue weighted by Crippen LogP contribution is -2.07. The average molecular weight is 221 g/mol. The summed E-state index contributed by atoms with van der Waals surface area (Å²) in [7, 11) is 0. The van der Waals surface area contributed by atoms with E-state index in [4.69, 9.17) is 0 Å². The molecule has 0 atom stereocenters. The second-order valence-corrected chi connectivity index (χ2v) is 3.75. The molecule has 0 radical (unpaired) electrons. The van der Waals surface area contributed by atoms with Crippen LogP contribution in [0.15, 0.2) is 18.3 Å². The molecule has 0 aliphatic carbocycles. The summed E-state index contributed by atoms with van der Waals surface area (Å²) >= 11 is 0. The predicted molar refractivity (Wildman–Crippen MR) is 66.6 cm³/mol. The summed E-state index contributed by atoms with van der Waals surface area (Å²) in [5.41, 5.74) is 0.728. The summed E-state index contributed by atoms with van der Waals surface area (Å²) < 4.78 is 0. The number of nitrogens with one attached hydrogen (secondary N) is 2. The average Bonchev–Trinajstić information content (AvgIpc) is 2.26. The molecule has 0 unspecified atom stereocenters. The number of aromatic nitrogens is 1. The Labute approximate surface area is 96.5 Å². The molecule has 0 spiro atoms. The van der Waals surface area contributed by atoms with Gasteiger partial charge in [-0.25, -0.2) is 4.98 Å². The molecule has 1 rings (SSSR count). The first-order valence-electron chi connectivity index (χ1n) is 5.70. The molecule has 0 saturated heterocycles. The molecule has 0 aliphatic heterocycles. The smallest absolute Gasteiger partial charge is 0.221 e. The zero-order valence-electron chi connectivity index (χ0n) is 9.92. The van der Waals surface area contributed by atoms with E-state index >= 15 is 0 Å². The minimum atomic E-state index is -0.0783. The van der Waals surface area contributed by atoms with E-state index in [0.29, 0.717) is 0 Å². The monoisotopic (exact) mass is 221 g/mol. The summed E-state index contributed by atoms with van der Waals surface area (Å²) in [6.07, 6.45) is 5.27. The minimum absolute atomic E-state index is 0.0783. The third kappa shape index (κ3) is 4.77. The standard InChI is InChI=1S/C12H19N3O/c1-3-4-5-8-13-12-7-6-11(9-14-12)15-10(2)16/h6-7,9H,3-5,8H2,1-2H3,(H,13,14)(H,15,16). The number of pyridine rings is 1. The van der Waals surface area contributed by atoms with Gasteiger partial charge >= 0.3 is 0 Å². The number of amides is 1. The lowest BCUT2D eigenvalue weighted by Gasteiger charge is -2.06. The van der Waals surface area contributed by atoms with Crippen molar-refractivity contribution < 1.29 is 4.79 Å². The Bertz CT molecular complexity index is 322. The third-order valence-electron chi connectivity index (χ3n) is 2.17. The molecule has 1 aromatic heterocycles. The van der Waals surface area contributed by atoms with Crippen LogP contribution in [-0.4, -0.2) is 17.4 Å². The van der Waals surface area contributed by atoms with E-state index in [-0.39, 0.29) is 5.91 Å². The van der Waals surface area contributed by atoms with Crippen molar-refractivity contribution in [1.29, 1.82) is 0 Å². The van der Waals surface area contributed by atoms with Gasteiger partial charge in [0.1, 0.15) is 5.82 Å². The van der Waals surface area contributed by atoms with Crippen LogP contribution in [0, 0.1) is 0 Å². The van der Waals surface area contributed by atoms with Gasteiger partial charge < -0.3 is 10.6 Å². The third-order valence-corrected chi connectivity index (χ3v) is 2.17. The molecular weight excluding hydrogens is 202 g/mol. The quantitative estimate of drug-likeness (QED) is 0.726. The maximum atomic E-state index is 10.8. The van der Waals surface area contributed by atoms with Gasteiger partial charge in [0.15, 0.2) is 0 Å². The summed E-state index contributed by atoms with van der Waals surface area (Å²) in [6, 6.07) is 3.72. The van der Waals surface area contributed by atoms with Gasteiger partial charge in [0.05, 0.1) is 11.9 Å². The number of rotatable bonds is 6. The van der Waals surface area contributed by atoms with Gasteiger partial charge in [-0.3, -0.25) is 4.79 Å². The zero-order chi connectivity index (χ0) is 11.8. The number of anilines is 2. The van der Waals surface area contributed by atoms with Crippen molar-refractivity contribution in [3.8, 4) is 0 Å². The highest BCUT2D eigenvalue weighted by Gasteiger charge is 1.96. The molecule has 0 aliphatic rings. The van der Waals surface area contributed by atoms with Crippen molar-refractivity contribution in [3.63, 3.8) is 0 Å². The molecule has 1 amide bonds. The molecule has 1 aromatic rings. The van der Waals surface area contributed by atoms with E-state index < -0.39 is 0 Å². The Balaban J connectivity index is 2.36. The van der Waals surface area contributed by atoms with E-state index in [1.54, 1.807) is 6.20 Å². The Morgan fingerprint density at radius 2 is 2.19 bits per heavy atom. The van der Waals surface area contributed by atoms with Gasteiger partial charge in [-0.2, -0.15) is 0 Å². The highest BCUT2D eigenvalue weighted by atomic mass is 16.1. The Morgan fingerprint density at radius 1 is 1.38 bits per heavy atom. The van der Waals surface area contributed by atoms with Crippen molar-refractivity contribution in [3.05, 3.63) is 18.3 Å². The molecule has 88 valence electrons. The largest absolute Gasteiger partial charge is 0.370 e. The van der Waals surface area contributed by atoms with Crippen LogP contribution in [0.3, 0.4) is 0 Å². The highest BCUT2D eigenvalue weighted by molar-refractivity contribution is 5.88. The van der Waals surface area contributed by atoms with Gasteiger partial charge in [0, 0.05) is 13.5 Å². The van der Waals surface area contributed by atoms with E-state index in [1.807, 2.05) is 12.1 Å². The van der Waals surface area contributed by atoms with Gasteiger partial charge in [-0.05, 0) is 18.6 Å². The fourth-order valence-electron chi connectivity index (χ4n) is 1.37. The summed E-state index contributed by atoms with van der Waals surface area (Å²) in [6.45, 7) is 4.61. The fraction of sp³-hybridized carbons (Fsp3) is 0.500. The van der Waals surface area contributed by atoms with Crippen LogP contribution in [-0.2, 0) is 4.79 Å². The molecule has 0 fully saturated rings.